The molecule has 0 saturated heterocycles. The van der Waals surface area contributed by atoms with E-state index in [2.05, 4.69) is 5.32 Å². The van der Waals surface area contributed by atoms with Crippen molar-refractivity contribution in [2.75, 3.05) is 0 Å². The van der Waals surface area contributed by atoms with E-state index in [4.69, 9.17) is 0 Å². The molecular weight excluding hydrogens is 267 g/mol. The molecule has 0 aliphatic heterocycles. The zero-order chi connectivity index (χ0) is 14.7. The first-order valence-electron chi connectivity index (χ1n) is 6.13. The number of halogens is 3. The van der Waals surface area contributed by atoms with Crippen LogP contribution in [-0.2, 0) is 6.54 Å². The molecule has 0 spiro atoms. The summed E-state index contributed by atoms with van der Waals surface area (Å²) in [5.74, 6) is -1.56. The second kappa shape index (κ2) is 5.96. The zero-order valence-corrected chi connectivity index (χ0v) is 10.8. The van der Waals surface area contributed by atoms with E-state index in [1.807, 2.05) is 0 Å². The monoisotopic (exact) mass is 281 g/mol. The van der Waals surface area contributed by atoms with Crippen molar-refractivity contribution in [1.29, 1.82) is 0 Å². The van der Waals surface area contributed by atoms with E-state index >= 15 is 0 Å². The van der Waals surface area contributed by atoms with Gasteiger partial charge in [-0.2, -0.15) is 0 Å². The molecule has 0 bridgehead atoms. The average Bonchev–Trinajstić information content (AvgIpc) is 2.42. The molecule has 0 aromatic heterocycles. The highest BCUT2D eigenvalue weighted by Crippen LogP contribution is 2.25. The number of phenolic OH excluding ortho intramolecular Hbond substituents is 1. The molecule has 1 atom stereocenters. The van der Waals surface area contributed by atoms with Crippen LogP contribution in [0.1, 0.15) is 24.1 Å². The lowest BCUT2D eigenvalue weighted by Gasteiger charge is -2.16. The molecule has 20 heavy (non-hydrogen) atoms. The molecule has 2 aromatic rings. The van der Waals surface area contributed by atoms with E-state index < -0.39 is 23.5 Å². The fourth-order valence-corrected chi connectivity index (χ4v) is 1.92. The Balaban J connectivity index is 2.10. The smallest absolute Gasteiger partial charge is 0.127 e. The van der Waals surface area contributed by atoms with E-state index in [0.29, 0.717) is 5.56 Å². The van der Waals surface area contributed by atoms with Crippen molar-refractivity contribution in [3.8, 4) is 5.75 Å². The van der Waals surface area contributed by atoms with Crippen molar-refractivity contribution < 1.29 is 18.3 Å². The standard InChI is InChI=1S/C15H14F3NO/c1-9(13-7-12(17)3-5-15(13)20)19-8-10-6-11(16)2-4-14(10)18/h2-7,9,19-20H,8H2,1H3. The Morgan fingerprint density at radius 3 is 2.45 bits per heavy atom. The molecule has 0 aliphatic rings. The molecule has 106 valence electrons. The SMILES string of the molecule is CC(NCc1cc(F)ccc1F)c1cc(F)ccc1O. The van der Waals surface area contributed by atoms with Gasteiger partial charge in [0.05, 0.1) is 0 Å². The summed E-state index contributed by atoms with van der Waals surface area (Å²) in [7, 11) is 0. The van der Waals surface area contributed by atoms with E-state index in [9.17, 15) is 18.3 Å². The number of rotatable bonds is 4. The molecule has 2 N–H and O–H groups in total. The first-order chi connectivity index (χ1) is 9.47. The Bertz CT molecular complexity index is 616. The van der Waals surface area contributed by atoms with E-state index in [-0.39, 0.29) is 17.9 Å². The number of benzene rings is 2. The minimum atomic E-state index is -0.524. The van der Waals surface area contributed by atoms with Gasteiger partial charge in [-0.3, -0.25) is 0 Å². The van der Waals surface area contributed by atoms with Crippen molar-refractivity contribution in [2.24, 2.45) is 0 Å². The van der Waals surface area contributed by atoms with Crippen LogP contribution >= 0.6 is 0 Å². The quantitative estimate of drug-likeness (QED) is 0.896. The minimum absolute atomic E-state index is 0.0499. The molecule has 0 amide bonds. The Morgan fingerprint density at radius 2 is 1.70 bits per heavy atom. The van der Waals surface area contributed by atoms with Crippen LogP contribution in [-0.4, -0.2) is 5.11 Å². The number of hydrogen-bond acceptors (Lipinski definition) is 2. The number of phenols is 1. The fraction of sp³-hybridized carbons (Fsp3) is 0.200. The highest BCUT2D eigenvalue weighted by atomic mass is 19.1. The van der Waals surface area contributed by atoms with Crippen LogP contribution < -0.4 is 5.32 Å². The first kappa shape index (κ1) is 14.4. The zero-order valence-electron chi connectivity index (χ0n) is 10.8. The predicted octanol–water partition coefficient (Wildman–Crippen LogP) is 3.66. The third-order valence-electron chi connectivity index (χ3n) is 3.06. The summed E-state index contributed by atoms with van der Waals surface area (Å²) in [6.45, 7) is 1.77. The number of hydrogen-bond donors (Lipinski definition) is 2. The molecule has 0 radical (unpaired) electrons. The van der Waals surface area contributed by atoms with Crippen molar-refractivity contribution >= 4 is 0 Å². The second-order valence-electron chi connectivity index (χ2n) is 4.54. The maximum Gasteiger partial charge on any atom is 0.127 e. The Hall–Kier alpha value is -2.01. The lowest BCUT2D eigenvalue weighted by Crippen LogP contribution is -2.19. The van der Waals surface area contributed by atoms with Gasteiger partial charge < -0.3 is 10.4 Å². The van der Waals surface area contributed by atoms with Crippen LogP contribution in [0.15, 0.2) is 36.4 Å². The fourth-order valence-electron chi connectivity index (χ4n) is 1.92. The van der Waals surface area contributed by atoms with Gasteiger partial charge in [0.25, 0.3) is 0 Å². The average molecular weight is 281 g/mol. The van der Waals surface area contributed by atoms with Gasteiger partial charge in [-0.05, 0) is 43.3 Å². The lowest BCUT2D eigenvalue weighted by atomic mass is 10.1. The lowest BCUT2D eigenvalue weighted by molar-refractivity contribution is 0.447. The number of nitrogens with one attached hydrogen (secondary N) is 1. The summed E-state index contributed by atoms with van der Waals surface area (Å²) in [6, 6.07) is 6.39. The summed E-state index contributed by atoms with van der Waals surface area (Å²) < 4.78 is 39.6. The molecule has 5 heteroatoms. The van der Waals surface area contributed by atoms with Gasteiger partial charge in [0, 0.05) is 23.7 Å². The van der Waals surface area contributed by atoms with E-state index in [0.717, 1.165) is 24.3 Å². The predicted molar refractivity (Wildman–Crippen MR) is 69.7 cm³/mol. The molecule has 0 aliphatic carbocycles. The Labute approximate surface area is 114 Å². The van der Waals surface area contributed by atoms with Gasteiger partial charge in [0.15, 0.2) is 0 Å². The molecule has 2 aromatic carbocycles. The highest BCUT2D eigenvalue weighted by molar-refractivity contribution is 5.35. The largest absolute Gasteiger partial charge is 0.508 e. The molecule has 0 fully saturated rings. The first-order valence-corrected chi connectivity index (χ1v) is 6.13. The van der Waals surface area contributed by atoms with Crippen LogP contribution in [0.25, 0.3) is 0 Å². The maximum absolute atomic E-state index is 13.4. The van der Waals surface area contributed by atoms with E-state index in [1.54, 1.807) is 6.92 Å². The van der Waals surface area contributed by atoms with Gasteiger partial charge >= 0.3 is 0 Å². The third-order valence-corrected chi connectivity index (χ3v) is 3.06. The molecule has 2 rings (SSSR count). The Morgan fingerprint density at radius 1 is 1.05 bits per heavy atom. The third kappa shape index (κ3) is 3.30. The minimum Gasteiger partial charge on any atom is -0.508 e. The van der Waals surface area contributed by atoms with Crippen LogP contribution in [0, 0.1) is 17.5 Å². The van der Waals surface area contributed by atoms with Crippen molar-refractivity contribution in [3.05, 3.63) is 65.0 Å². The van der Waals surface area contributed by atoms with Gasteiger partial charge in [-0.15, -0.1) is 0 Å². The van der Waals surface area contributed by atoms with Crippen molar-refractivity contribution in [2.45, 2.75) is 19.5 Å². The van der Waals surface area contributed by atoms with Gasteiger partial charge in [-0.1, -0.05) is 0 Å². The highest BCUT2D eigenvalue weighted by Gasteiger charge is 2.12. The summed E-state index contributed by atoms with van der Waals surface area (Å²) in [5.41, 5.74) is 0.537. The normalized spacial score (nSPS) is 12.4. The molecule has 2 nitrogen and oxygen atoms in total. The van der Waals surface area contributed by atoms with Gasteiger partial charge in [0.1, 0.15) is 23.2 Å². The van der Waals surface area contributed by atoms with Gasteiger partial charge in [0.2, 0.25) is 0 Å². The van der Waals surface area contributed by atoms with Crippen molar-refractivity contribution in [1.82, 2.24) is 5.32 Å². The molecule has 0 saturated carbocycles. The van der Waals surface area contributed by atoms with Crippen LogP contribution in [0.5, 0.6) is 5.75 Å². The second-order valence-corrected chi connectivity index (χ2v) is 4.54. The molecular formula is C15H14F3NO. The summed E-state index contributed by atoms with van der Waals surface area (Å²) >= 11 is 0. The Kier molecular flexibility index (Phi) is 4.29. The van der Waals surface area contributed by atoms with Crippen LogP contribution in [0.3, 0.4) is 0 Å². The molecule has 0 heterocycles. The topological polar surface area (TPSA) is 32.3 Å². The van der Waals surface area contributed by atoms with Crippen LogP contribution in [0.4, 0.5) is 13.2 Å². The maximum atomic E-state index is 13.4. The number of aromatic hydroxyl groups is 1. The van der Waals surface area contributed by atoms with Crippen molar-refractivity contribution in [3.63, 3.8) is 0 Å². The summed E-state index contributed by atoms with van der Waals surface area (Å²) in [5, 5.41) is 12.6. The summed E-state index contributed by atoms with van der Waals surface area (Å²) in [6.07, 6.45) is 0. The summed E-state index contributed by atoms with van der Waals surface area (Å²) in [4.78, 5) is 0. The van der Waals surface area contributed by atoms with Crippen LogP contribution in [0.2, 0.25) is 0 Å². The van der Waals surface area contributed by atoms with E-state index in [1.165, 1.54) is 12.1 Å². The van der Waals surface area contributed by atoms with Gasteiger partial charge in [-0.25, -0.2) is 13.2 Å². The molecule has 1 unspecified atom stereocenters.